The summed E-state index contributed by atoms with van der Waals surface area (Å²) in [4.78, 5) is 12.0. The molecule has 0 aliphatic heterocycles. The molecule has 1 aromatic carbocycles. The zero-order chi connectivity index (χ0) is 13.5. The first-order valence-electron chi connectivity index (χ1n) is 7.59. The van der Waals surface area contributed by atoms with Gasteiger partial charge < -0.3 is 5.32 Å². The largest absolute Gasteiger partial charge is 0.314 e. The fourth-order valence-corrected chi connectivity index (χ4v) is 2.76. The Morgan fingerprint density at radius 2 is 1.74 bits per heavy atom. The van der Waals surface area contributed by atoms with E-state index in [1.807, 2.05) is 31.2 Å². The van der Waals surface area contributed by atoms with Gasteiger partial charge in [0.05, 0.1) is 0 Å². The number of Topliss-reactive ketones (excluding diaryl/α,β-unsaturated/α-hetero) is 1. The molecule has 0 atom stereocenters. The van der Waals surface area contributed by atoms with Gasteiger partial charge in [0.15, 0.2) is 5.78 Å². The van der Waals surface area contributed by atoms with Crippen molar-refractivity contribution in [1.29, 1.82) is 0 Å². The van der Waals surface area contributed by atoms with Gasteiger partial charge in [-0.2, -0.15) is 0 Å². The van der Waals surface area contributed by atoms with E-state index < -0.39 is 0 Å². The number of hydrogen-bond donors (Lipinski definition) is 1. The van der Waals surface area contributed by atoms with Crippen LogP contribution in [0, 0.1) is 6.92 Å². The van der Waals surface area contributed by atoms with Crippen molar-refractivity contribution in [3.63, 3.8) is 0 Å². The summed E-state index contributed by atoms with van der Waals surface area (Å²) in [7, 11) is 0. The number of rotatable bonds is 5. The molecule has 2 heteroatoms. The van der Waals surface area contributed by atoms with Gasteiger partial charge >= 0.3 is 0 Å². The Hall–Kier alpha value is -1.15. The third-order valence-corrected chi connectivity index (χ3v) is 4.01. The summed E-state index contributed by atoms with van der Waals surface area (Å²) >= 11 is 0. The van der Waals surface area contributed by atoms with Gasteiger partial charge in [-0.05, 0) is 19.8 Å². The minimum atomic E-state index is 0.251. The van der Waals surface area contributed by atoms with Crippen molar-refractivity contribution >= 4 is 5.78 Å². The zero-order valence-corrected chi connectivity index (χ0v) is 12.0. The highest BCUT2D eigenvalue weighted by Gasteiger charge is 2.12. The molecule has 1 aliphatic rings. The predicted octanol–water partition coefficient (Wildman–Crippen LogP) is 3.88. The Morgan fingerprint density at radius 1 is 1.11 bits per heavy atom. The summed E-state index contributed by atoms with van der Waals surface area (Å²) in [6.45, 7) is 2.86. The molecule has 1 N–H and O–H groups in total. The third-order valence-electron chi connectivity index (χ3n) is 4.01. The van der Waals surface area contributed by atoms with E-state index in [2.05, 4.69) is 5.32 Å². The van der Waals surface area contributed by atoms with Gasteiger partial charge in [-0.3, -0.25) is 4.79 Å². The van der Waals surface area contributed by atoms with E-state index >= 15 is 0 Å². The smallest absolute Gasteiger partial charge is 0.164 e. The molecular weight excluding hydrogens is 234 g/mol. The van der Waals surface area contributed by atoms with Crippen molar-refractivity contribution in [2.24, 2.45) is 0 Å². The van der Waals surface area contributed by atoms with Crippen molar-refractivity contribution in [3.8, 4) is 0 Å². The summed E-state index contributed by atoms with van der Waals surface area (Å²) < 4.78 is 0. The highest BCUT2D eigenvalue weighted by molar-refractivity contribution is 5.96. The van der Waals surface area contributed by atoms with E-state index in [1.165, 1.54) is 44.1 Å². The molecule has 1 aromatic rings. The van der Waals surface area contributed by atoms with E-state index in [4.69, 9.17) is 0 Å². The lowest BCUT2D eigenvalue weighted by Gasteiger charge is -2.15. The Bertz CT molecular complexity index is 388. The molecule has 0 heterocycles. The lowest BCUT2D eigenvalue weighted by atomic mass is 10.1. The van der Waals surface area contributed by atoms with Gasteiger partial charge in [0.1, 0.15) is 0 Å². The number of carbonyl (C=O) groups is 1. The Kier molecular flexibility index (Phi) is 5.59. The number of nitrogens with one attached hydrogen (secondary N) is 1. The minimum absolute atomic E-state index is 0.251. The van der Waals surface area contributed by atoms with Crippen LogP contribution in [0.25, 0.3) is 0 Å². The van der Waals surface area contributed by atoms with Crippen molar-refractivity contribution in [3.05, 3.63) is 35.4 Å². The van der Waals surface area contributed by atoms with Crippen molar-refractivity contribution in [2.45, 2.75) is 57.9 Å². The monoisotopic (exact) mass is 259 g/mol. The fraction of sp³-hybridized carbons (Fsp3) is 0.588. The lowest BCUT2D eigenvalue weighted by Crippen LogP contribution is -2.30. The second-order valence-corrected chi connectivity index (χ2v) is 5.68. The maximum absolute atomic E-state index is 12.0. The summed E-state index contributed by atoms with van der Waals surface area (Å²) in [5.74, 6) is 0.251. The van der Waals surface area contributed by atoms with Gasteiger partial charge in [0.2, 0.25) is 0 Å². The first kappa shape index (κ1) is 14.3. The Morgan fingerprint density at radius 3 is 2.37 bits per heavy atom. The number of hydrogen-bond acceptors (Lipinski definition) is 2. The van der Waals surface area contributed by atoms with Crippen molar-refractivity contribution in [1.82, 2.24) is 5.32 Å². The molecule has 0 amide bonds. The summed E-state index contributed by atoms with van der Waals surface area (Å²) in [6, 6.07) is 8.51. The van der Waals surface area contributed by atoms with E-state index in [0.717, 1.165) is 12.1 Å². The van der Waals surface area contributed by atoms with Crippen LogP contribution < -0.4 is 5.32 Å². The summed E-state index contributed by atoms with van der Waals surface area (Å²) in [5, 5.41) is 3.55. The SMILES string of the molecule is Cc1ccc(C(=O)CCNC2CCCCCC2)cc1. The minimum Gasteiger partial charge on any atom is -0.314 e. The van der Waals surface area contributed by atoms with Crippen LogP contribution in [0.5, 0.6) is 0 Å². The highest BCUT2D eigenvalue weighted by atomic mass is 16.1. The van der Waals surface area contributed by atoms with Crippen LogP contribution in [0.4, 0.5) is 0 Å². The van der Waals surface area contributed by atoms with Crippen LogP contribution in [0.3, 0.4) is 0 Å². The molecule has 0 aromatic heterocycles. The van der Waals surface area contributed by atoms with Crippen LogP contribution in [0.1, 0.15) is 60.9 Å². The van der Waals surface area contributed by atoms with Crippen molar-refractivity contribution < 1.29 is 4.79 Å². The maximum atomic E-state index is 12.0. The maximum Gasteiger partial charge on any atom is 0.164 e. The molecule has 0 radical (unpaired) electrons. The van der Waals surface area contributed by atoms with Crippen LogP contribution in [-0.4, -0.2) is 18.4 Å². The standard InChI is InChI=1S/C17H25NO/c1-14-8-10-15(11-9-14)17(19)12-13-18-16-6-4-2-3-5-7-16/h8-11,16,18H,2-7,12-13H2,1H3. The molecule has 104 valence electrons. The van der Waals surface area contributed by atoms with E-state index in [1.54, 1.807) is 0 Å². The number of ketones is 1. The van der Waals surface area contributed by atoms with Crippen LogP contribution in [0.15, 0.2) is 24.3 Å². The van der Waals surface area contributed by atoms with Crippen molar-refractivity contribution in [2.75, 3.05) is 6.54 Å². The fourth-order valence-electron chi connectivity index (χ4n) is 2.76. The van der Waals surface area contributed by atoms with Gasteiger partial charge in [-0.15, -0.1) is 0 Å². The average Bonchev–Trinajstić information content (AvgIpc) is 2.68. The Labute approximate surface area is 116 Å². The van der Waals surface area contributed by atoms with Gasteiger partial charge in [-0.25, -0.2) is 0 Å². The molecule has 0 spiro atoms. The second-order valence-electron chi connectivity index (χ2n) is 5.68. The number of benzene rings is 1. The molecule has 0 unspecified atom stereocenters. The topological polar surface area (TPSA) is 29.1 Å². The zero-order valence-electron chi connectivity index (χ0n) is 12.0. The molecule has 0 bridgehead atoms. The molecule has 0 saturated heterocycles. The molecule has 2 nitrogen and oxygen atoms in total. The molecule has 19 heavy (non-hydrogen) atoms. The normalized spacial score (nSPS) is 17.1. The van der Waals surface area contributed by atoms with E-state index in [-0.39, 0.29) is 5.78 Å². The predicted molar refractivity (Wildman–Crippen MR) is 79.6 cm³/mol. The van der Waals surface area contributed by atoms with Gasteiger partial charge in [-0.1, -0.05) is 55.5 Å². The molecule has 1 saturated carbocycles. The van der Waals surface area contributed by atoms with Crippen LogP contribution in [-0.2, 0) is 0 Å². The van der Waals surface area contributed by atoms with E-state index in [0.29, 0.717) is 12.5 Å². The van der Waals surface area contributed by atoms with Crippen LogP contribution >= 0.6 is 0 Å². The number of carbonyl (C=O) groups excluding carboxylic acids is 1. The average molecular weight is 259 g/mol. The van der Waals surface area contributed by atoms with Gasteiger partial charge in [0.25, 0.3) is 0 Å². The third kappa shape index (κ3) is 4.79. The quantitative estimate of drug-likeness (QED) is 0.642. The molecule has 1 fully saturated rings. The van der Waals surface area contributed by atoms with Crippen LogP contribution in [0.2, 0.25) is 0 Å². The second kappa shape index (κ2) is 7.44. The van der Waals surface area contributed by atoms with Gasteiger partial charge in [0, 0.05) is 24.6 Å². The summed E-state index contributed by atoms with van der Waals surface area (Å²) in [5.41, 5.74) is 2.04. The highest BCUT2D eigenvalue weighted by Crippen LogP contribution is 2.17. The van der Waals surface area contributed by atoms with E-state index in [9.17, 15) is 4.79 Å². The lowest BCUT2D eigenvalue weighted by molar-refractivity contribution is 0.0981. The number of aryl methyl sites for hydroxylation is 1. The molecule has 2 rings (SSSR count). The first-order valence-corrected chi connectivity index (χ1v) is 7.59. The molecule has 1 aliphatic carbocycles. The Balaban J connectivity index is 1.72. The summed E-state index contributed by atoms with van der Waals surface area (Å²) in [6.07, 6.45) is 8.59. The first-order chi connectivity index (χ1) is 9.25. The molecular formula is C17H25NO.